The fourth-order valence-electron chi connectivity index (χ4n) is 2.95. The van der Waals surface area contributed by atoms with Crippen LogP contribution in [0.1, 0.15) is 29.2 Å². The van der Waals surface area contributed by atoms with Crippen molar-refractivity contribution in [1.29, 1.82) is 0 Å². The van der Waals surface area contributed by atoms with Gasteiger partial charge in [0.1, 0.15) is 0 Å². The normalized spacial score (nSPS) is 16.5. The molecule has 1 aliphatic rings. The Labute approximate surface area is 131 Å². The summed E-state index contributed by atoms with van der Waals surface area (Å²) >= 11 is 6.13. The smallest absolute Gasteiger partial charge is 0.0816 e. The van der Waals surface area contributed by atoms with Crippen molar-refractivity contribution in [2.24, 2.45) is 0 Å². The summed E-state index contributed by atoms with van der Waals surface area (Å²) < 4.78 is 0. The average Bonchev–Trinajstić information content (AvgIpc) is 2.53. The molecule has 0 amide bonds. The number of rotatable bonds is 4. The Kier molecular flexibility index (Phi) is 4.59. The summed E-state index contributed by atoms with van der Waals surface area (Å²) in [5.74, 6) is 0. The van der Waals surface area contributed by atoms with E-state index in [1.54, 1.807) is 0 Å². The maximum absolute atomic E-state index is 10.3. The third-order valence-electron chi connectivity index (χ3n) is 4.19. The van der Waals surface area contributed by atoms with Gasteiger partial charge in [-0.05, 0) is 35.6 Å². The van der Waals surface area contributed by atoms with Crippen molar-refractivity contribution in [1.82, 2.24) is 4.90 Å². The number of hydrogen-bond donors (Lipinski definition) is 1. The molecule has 21 heavy (non-hydrogen) atoms. The maximum atomic E-state index is 10.3. The lowest BCUT2D eigenvalue weighted by Crippen LogP contribution is -2.32. The highest BCUT2D eigenvalue weighted by atomic mass is 35.5. The van der Waals surface area contributed by atoms with Crippen LogP contribution in [-0.2, 0) is 13.0 Å². The van der Waals surface area contributed by atoms with Gasteiger partial charge in [0.15, 0.2) is 0 Å². The van der Waals surface area contributed by atoms with Crippen molar-refractivity contribution >= 4 is 11.6 Å². The molecule has 0 radical (unpaired) electrons. The van der Waals surface area contributed by atoms with E-state index in [0.29, 0.717) is 11.4 Å². The Balaban J connectivity index is 1.58. The van der Waals surface area contributed by atoms with Crippen molar-refractivity contribution in [3.8, 4) is 0 Å². The molecule has 1 unspecified atom stereocenters. The van der Waals surface area contributed by atoms with E-state index >= 15 is 0 Å². The Morgan fingerprint density at radius 1 is 1.05 bits per heavy atom. The van der Waals surface area contributed by atoms with Gasteiger partial charge < -0.3 is 5.11 Å². The molecule has 0 bridgehead atoms. The summed E-state index contributed by atoms with van der Waals surface area (Å²) in [4.78, 5) is 2.41. The molecule has 2 aromatic carbocycles. The first-order valence-electron chi connectivity index (χ1n) is 7.45. The van der Waals surface area contributed by atoms with Crippen LogP contribution in [0.15, 0.2) is 48.5 Å². The number of nitrogens with zero attached hydrogens (tertiary/aromatic N) is 1. The zero-order valence-electron chi connectivity index (χ0n) is 12.0. The molecule has 1 heterocycles. The first kappa shape index (κ1) is 14.6. The van der Waals surface area contributed by atoms with E-state index in [1.165, 1.54) is 11.1 Å². The molecule has 0 aliphatic carbocycles. The summed E-state index contributed by atoms with van der Waals surface area (Å²) in [7, 11) is 0. The quantitative estimate of drug-likeness (QED) is 0.928. The van der Waals surface area contributed by atoms with E-state index in [9.17, 15) is 5.11 Å². The number of halogens is 1. The molecular weight excluding hydrogens is 282 g/mol. The molecule has 3 heteroatoms. The minimum atomic E-state index is -0.490. The number of fused-ring (bicyclic) bond motifs is 1. The standard InChI is InChI=1S/C18H20ClNO/c19-17-8-4-3-7-16(17)18(21)10-12-20-11-9-14-5-1-2-6-15(14)13-20/h1-8,18,21H,9-13H2. The van der Waals surface area contributed by atoms with Crippen molar-refractivity contribution < 1.29 is 5.11 Å². The van der Waals surface area contributed by atoms with Gasteiger partial charge >= 0.3 is 0 Å². The minimum Gasteiger partial charge on any atom is -0.388 e. The average molecular weight is 302 g/mol. The van der Waals surface area contributed by atoms with Crippen molar-refractivity contribution in [2.75, 3.05) is 13.1 Å². The van der Waals surface area contributed by atoms with Crippen LogP contribution in [0.4, 0.5) is 0 Å². The van der Waals surface area contributed by atoms with Crippen LogP contribution >= 0.6 is 11.6 Å². The largest absolute Gasteiger partial charge is 0.388 e. The van der Waals surface area contributed by atoms with E-state index in [-0.39, 0.29) is 0 Å². The predicted octanol–water partition coefficient (Wildman–Crippen LogP) is 3.82. The molecule has 2 nitrogen and oxygen atoms in total. The van der Waals surface area contributed by atoms with Gasteiger partial charge in [-0.25, -0.2) is 0 Å². The molecule has 0 fully saturated rings. The Morgan fingerprint density at radius 3 is 2.57 bits per heavy atom. The molecule has 1 N–H and O–H groups in total. The maximum Gasteiger partial charge on any atom is 0.0816 e. The highest BCUT2D eigenvalue weighted by Gasteiger charge is 2.17. The second kappa shape index (κ2) is 6.61. The molecule has 0 saturated heterocycles. The van der Waals surface area contributed by atoms with Gasteiger partial charge in [-0.1, -0.05) is 54.1 Å². The molecule has 0 aromatic heterocycles. The van der Waals surface area contributed by atoms with E-state index in [1.807, 2.05) is 24.3 Å². The number of benzene rings is 2. The van der Waals surface area contributed by atoms with Gasteiger partial charge in [0.2, 0.25) is 0 Å². The van der Waals surface area contributed by atoms with Crippen LogP contribution < -0.4 is 0 Å². The Bertz CT molecular complexity index is 614. The first-order valence-corrected chi connectivity index (χ1v) is 7.83. The SMILES string of the molecule is OC(CCN1CCc2ccccc2C1)c1ccccc1Cl. The topological polar surface area (TPSA) is 23.5 Å². The third-order valence-corrected chi connectivity index (χ3v) is 4.54. The van der Waals surface area contributed by atoms with Gasteiger partial charge in [0.05, 0.1) is 6.10 Å². The molecule has 3 rings (SSSR count). The second-order valence-electron chi connectivity index (χ2n) is 5.62. The Morgan fingerprint density at radius 2 is 1.76 bits per heavy atom. The monoisotopic (exact) mass is 301 g/mol. The molecule has 2 aromatic rings. The van der Waals surface area contributed by atoms with Gasteiger partial charge in [-0.2, -0.15) is 0 Å². The number of aliphatic hydroxyl groups excluding tert-OH is 1. The molecular formula is C18H20ClNO. The first-order chi connectivity index (χ1) is 10.2. The molecule has 1 aliphatic heterocycles. The predicted molar refractivity (Wildman–Crippen MR) is 86.5 cm³/mol. The Hall–Kier alpha value is -1.35. The lowest BCUT2D eigenvalue weighted by Gasteiger charge is -2.29. The molecule has 0 spiro atoms. The fourth-order valence-corrected chi connectivity index (χ4v) is 3.21. The van der Waals surface area contributed by atoms with Crippen LogP contribution in [0.25, 0.3) is 0 Å². The summed E-state index contributed by atoms with van der Waals surface area (Å²) in [5, 5.41) is 11.0. The summed E-state index contributed by atoms with van der Waals surface area (Å²) in [6, 6.07) is 16.2. The minimum absolute atomic E-state index is 0.490. The third kappa shape index (κ3) is 3.46. The van der Waals surface area contributed by atoms with Crippen LogP contribution in [0.5, 0.6) is 0 Å². The molecule has 0 saturated carbocycles. The van der Waals surface area contributed by atoms with Crippen molar-refractivity contribution in [3.05, 3.63) is 70.2 Å². The lowest BCUT2D eigenvalue weighted by molar-refractivity contribution is 0.137. The van der Waals surface area contributed by atoms with E-state index < -0.39 is 6.10 Å². The van der Waals surface area contributed by atoms with E-state index in [0.717, 1.165) is 31.6 Å². The fraction of sp³-hybridized carbons (Fsp3) is 0.333. The lowest BCUT2D eigenvalue weighted by atomic mass is 9.99. The summed E-state index contributed by atoms with van der Waals surface area (Å²) in [6.07, 6.45) is 1.32. The van der Waals surface area contributed by atoms with Gasteiger partial charge in [-0.15, -0.1) is 0 Å². The van der Waals surface area contributed by atoms with Gasteiger partial charge in [0.25, 0.3) is 0 Å². The summed E-state index contributed by atoms with van der Waals surface area (Å²) in [5.41, 5.74) is 3.70. The van der Waals surface area contributed by atoms with Crippen LogP contribution in [0.3, 0.4) is 0 Å². The van der Waals surface area contributed by atoms with Gasteiger partial charge in [0, 0.05) is 24.7 Å². The van der Waals surface area contributed by atoms with Crippen LogP contribution in [0.2, 0.25) is 5.02 Å². The molecule has 1 atom stereocenters. The zero-order valence-corrected chi connectivity index (χ0v) is 12.8. The van der Waals surface area contributed by atoms with Crippen molar-refractivity contribution in [3.63, 3.8) is 0 Å². The van der Waals surface area contributed by atoms with Crippen molar-refractivity contribution in [2.45, 2.75) is 25.5 Å². The second-order valence-corrected chi connectivity index (χ2v) is 6.03. The highest BCUT2D eigenvalue weighted by molar-refractivity contribution is 6.31. The summed E-state index contributed by atoms with van der Waals surface area (Å²) in [6.45, 7) is 2.93. The number of aliphatic hydroxyl groups is 1. The van der Waals surface area contributed by atoms with E-state index in [2.05, 4.69) is 29.2 Å². The zero-order chi connectivity index (χ0) is 14.7. The van der Waals surface area contributed by atoms with E-state index in [4.69, 9.17) is 11.6 Å². The number of hydrogen-bond acceptors (Lipinski definition) is 2. The molecule has 110 valence electrons. The van der Waals surface area contributed by atoms with Gasteiger partial charge in [-0.3, -0.25) is 4.90 Å². The highest BCUT2D eigenvalue weighted by Crippen LogP contribution is 2.26. The van der Waals surface area contributed by atoms with Crippen LogP contribution in [0, 0.1) is 0 Å². The van der Waals surface area contributed by atoms with Crippen LogP contribution in [-0.4, -0.2) is 23.1 Å².